The molecule has 0 unspecified atom stereocenters. The maximum absolute atomic E-state index is 12.0. The first kappa shape index (κ1) is 20.2. The highest BCUT2D eigenvalue weighted by Crippen LogP contribution is 2.23. The van der Waals surface area contributed by atoms with Crippen LogP contribution in [0.5, 0.6) is 0 Å². The average molecular weight is 405 g/mol. The molecule has 0 aliphatic carbocycles. The molecule has 6 heteroatoms. The molecule has 0 bridgehead atoms. The van der Waals surface area contributed by atoms with Crippen molar-refractivity contribution in [3.63, 3.8) is 0 Å². The molecular formula is C24H28N4O2. The molecule has 156 valence electrons. The van der Waals surface area contributed by atoms with Gasteiger partial charge in [0.1, 0.15) is 0 Å². The Morgan fingerprint density at radius 3 is 2.43 bits per heavy atom. The van der Waals surface area contributed by atoms with Gasteiger partial charge in [-0.25, -0.2) is 4.79 Å². The van der Waals surface area contributed by atoms with Crippen LogP contribution in [0, 0.1) is 0 Å². The minimum Gasteiger partial charge on any atom is -0.462 e. The quantitative estimate of drug-likeness (QED) is 0.445. The van der Waals surface area contributed by atoms with Gasteiger partial charge in [-0.05, 0) is 36.9 Å². The Labute approximate surface area is 177 Å². The Hall–Kier alpha value is -3.12. The van der Waals surface area contributed by atoms with E-state index in [1.807, 2.05) is 35.3 Å². The second-order valence-electron chi connectivity index (χ2n) is 7.68. The average Bonchev–Trinajstić information content (AvgIpc) is 3.27. The lowest BCUT2D eigenvalue weighted by Gasteiger charge is -2.34. The summed E-state index contributed by atoms with van der Waals surface area (Å²) in [6, 6.07) is 17.8. The van der Waals surface area contributed by atoms with Crippen LogP contribution in [0.2, 0.25) is 0 Å². The number of aromatic nitrogens is 2. The molecule has 2 aromatic carbocycles. The SMILES string of the molecule is CN1CCN(c2ccc(-c3cnn(CCCOC(=O)c4ccccc4)c3)cc2)CC1. The number of ether oxygens (including phenoxy) is 1. The van der Waals surface area contributed by atoms with Crippen LogP contribution in [0.15, 0.2) is 67.0 Å². The summed E-state index contributed by atoms with van der Waals surface area (Å²) in [5.41, 5.74) is 4.12. The van der Waals surface area contributed by atoms with Crippen molar-refractivity contribution in [1.29, 1.82) is 0 Å². The second kappa shape index (κ2) is 9.59. The van der Waals surface area contributed by atoms with Crippen LogP contribution >= 0.6 is 0 Å². The molecule has 1 fully saturated rings. The molecule has 1 aliphatic rings. The van der Waals surface area contributed by atoms with Crippen LogP contribution in [0.3, 0.4) is 0 Å². The molecule has 6 nitrogen and oxygen atoms in total. The lowest BCUT2D eigenvalue weighted by atomic mass is 10.1. The standard InChI is InChI=1S/C24H28N4O2/c1-26-13-15-27(16-14-26)23-10-8-20(9-11-23)22-18-25-28(19-22)12-5-17-30-24(29)21-6-3-2-4-7-21/h2-4,6-11,18-19H,5,12-17H2,1H3. The summed E-state index contributed by atoms with van der Waals surface area (Å²) in [6.45, 7) is 5.44. The topological polar surface area (TPSA) is 50.6 Å². The maximum atomic E-state index is 12.0. The zero-order valence-corrected chi connectivity index (χ0v) is 17.4. The summed E-state index contributed by atoms with van der Waals surface area (Å²) in [5, 5.41) is 4.45. The second-order valence-corrected chi connectivity index (χ2v) is 7.68. The van der Waals surface area contributed by atoms with Gasteiger partial charge in [0.15, 0.2) is 0 Å². The first-order valence-electron chi connectivity index (χ1n) is 10.5. The van der Waals surface area contributed by atoms with Gasteiger partial charge in [0.05, 0.1) is 18.4 Å². The lowest BCUT2D eigenvalue weighted by molar-refractivity contribution is 0.0495. The first-order chi connectivity index (χ1) is 14.7. The van der Waals surface area contributed by atoms with Gasteiger partial charge in [-0.2, -0.15) is 5.10 Å². The summed E-state index contributed by atoms with van der Waals surface area (Å²) >= 11 is 0. The van der Waals surface area contributed by atoms with E-state index in [2.05, 4.69) is 46.2 Å². The fraction of sp³-hybridized carbons (Fsp3) is 0.333. The number of rotatable bonds is 7. The van der Waals surface area contributed by atoms with Crippen LogP contribution in [0.25, 0.3) is 11.1 Å². The molecule has 0 saturated carbocycles. The van der Waals surface area contributed by atoms with Gasteiger partial charge in [0.25, 0.3) is 0 Å². The van der Waals surface area contributed by atoms with Crippen molar-refractivity contribution >= 4 is 11.7 Å². The number of hydrogen-bond donors (Lipinski definition) is 0. The number of anilines is 1. The Morgan fingerprint density at radius 1 is 0.967 bits per heavy atom. The lowest BCUT2D eigenvalue weighted by Crippen LogP contribution is -2.44. The van der Waals surface area contributed by atoms with Crippen molar-refractivity contribution in [2.75, 3.05) is 44.7 Å². The Morgan fingerprint density at radius 2 is 1.70 bits per heavy atom. The van der Waals surface area contributed by atoms with Gasteiger partial charge in [0.2, 0.25) is 0 Å². The smallest absolute Gasteiger partial charge is 0.338 e. The van der Waals surface area contributed by atoms with Crippen LogP contribution in [0.4, 0.5) is 5.69 Å². The molecule has 3 aromatic rings. The Kier molecular flexibility index (Phi) is 6.44. The molecule has 1 aliphatic heterocycles. The first-order valence-corrected chi connectivity index (χ1v) is 10.5. The highest BCUT2D eigenvalue weighted by atomic mass is 16.5. The summed E-state index contributed by atoms with van der Waals surface area (Å²) in [7, 11) is 2.17. The van der Waals surface area contributed by atoms with Crippen molar-refractivity contribution in [1.82, 2.24) is 14.7 Å². The van der Waals surface area contributed by atoms with Crippen LogP contribution in [-0.4, -0.2) is 60.5 Å². The monoisotopic (exact) mass is 404 g/mol. The van der Waals surface area contributed by atoms with Gasteiger partial charge >= 0.3 is 5.97 Å². The molecule has 2 heterocycles. The zero-order valence-electron chi connectivity index (χ0n) is 17.4. The predicted octanol–water partition coefficient (Wildman–Crippen LogP) is 3.55. The number of piperazine rings is 1. The van der Waals surface area contributed by atoms with E-state index < -0.39 is 0 Å². The minimum atomic E-state index is -0.280. The third kappa shape index (κ3) is 5.07. The molecule has 0 radical (unpaired) electrons. The molecule has 1 aromatic heterocycles. The maximum Gasteiger partial charge on any atom is 0.338 e. The van der Waals surface area contributed by atoms with Crippen molar-refractivity contribution in [3.8, 4) is 11.1 Å². The van der Waals surface area contributed by atoms with E-state index in [0.717, 1.165) is 43.7 Å². The van der Waals surface area contributed by atoms with E-state index in [1.165, 1.54) is 5.69 Å². The normalized spacial score (nSPS) is 14.6. The van der Waals surface area contributed by atoms with E-state index in [9.17, 15) is 4.79 Å². The molecule has 0 amide bonds. The van der Waals surface area contributed by atoms with E-state index in [0.29, 0.717) is 18.7 Å². The number of benzene rings is 2. The molecular weight excluding hydrogens is 376 g/mol. The van der Waals surface area contributed by atoms with E-state index in [-0.39, 0.29) is 5.97 Å². The number of carbonyl (C=O) groups is 1. The number of likely N-dealkylation sites (N-methyl/N-ethyl adjacent to an activating group) is 1. The van der Waals surface area contributed by atoms with E-state index in [4.69, 9.17) is 4.74 Å². The highest BCUT2D eigenvalue weighted by Gasteiger charge is 2.14. The number of hydrogen-bond acceptors (Lipinski definition) is 5. The van der Waals surface area contributed by atoms with Crippen molar-refractivity contribution < 1.29 is 9.53 Å². The summed E-state index contributed by atoms with van der Waals surface area (Å²) in [4.78, 5) is 16.7. The van der Waals surface area contributed by atoms with Gasteiger partial charge in [-0.1, -0.05) is 30.3 Å². The molecule has 0 spiro atoms. The predicted molar refractivity (Wildman–Crippen MR) is 119 cm³/mol. The third-order valence-electron chi connectivity index (χ3n) is 5.48. The summed E-state index contributed by atoms with van der Waals surface area (Å²) in [6.07, 6.45) is 4.66. The molecule has 0 atom stereocenters. The molecule has 4 rings (SSSR count). The molecule has 30 heavy (non-hydrogen) atoms. The van der Waals surface area contributed by atoms with Crippen molar-refractivity contribution in [2.24, 2.45) is 0 Å². The van der Waals surface area contributed by atoms with Crippen LogP contribution in [0.1, 0.15) is 16.8 Å². The number of aryl methyl sites for hydroxylation is 1. The number of carbonyl (C=O) groups excluding carboxylic acids is 1. The molecule has 1 saturated heterocycles. The Balaban J connectivity index is 1.26. The fourth-order valence-electron chi connectivity index (χ4n) is 3.61. The minimum absolute atomic E-state index is 0.280. The molecule has 0 N–H and O–H groups in total. The largest absolute Gasteiger partial charge is 0.462 e. The van der Waals surface area contributed by atoms with Gasteiger partial charge < -0.3 is 14.5 Å². The Bertz CT molecular complexity index is 945. The third-order valence-corrected chi connectivity index (χ3v) is 5.48. The van der Waals surface area contributed by atoms with Crippen LogP contribution in [-0.2, 0) is 11.3 Å². The van der Waals surface area contributed by atoms with Crippen LogP contribution < -0.4 is 4.90 Å². The van der Waals surface area contributed by atoms with Gasteiger partial charge in [-0.3, -0.25) is 4.68 Å². The number of nitrogens with zero attached hydrogens (tertiary/aromatic N) is 4. The summed E-state index contributed by atoms with van der Waals surface area (Å²) in [5.74, 6) is -0.280. The van der Waals surface area contributed by atoms with E-state index in [1.54, 1.807) is 12.1 Å². The zero-order chi connectivity index (χ0) is 20.8. The summed E-state index contributed by atoms with van der Waals surface area (Å²) < 4.78 is 7.23. The van der Waals surface area contributed by atoms with Gasteiger partial charge in [-0.15, -0.1) is 0 Å². The van der Waals surface area contributed by atoms with Crippen molar-refractivity contribution in [2.45, 2.75) is 13.0 Å². The fourth-order valence-corrected chi connectivity index (χ4v) is 3.61. The van der Waals surface area contributed by atoms with E-state index >= 15 is 0 Å². The number of esters is 1. The highest BCUT2D eigenvalue weighted by molar-refractivity contribution is 5.89. The van der Waals surface area contributed by atoms with Gasteiger partial charge in [0, 0.05) is 56.6 Å². The van der Waals surface area contributed by atoms with Crippen molar-refractivity contribution in [3.05, 3.63) is 72.6 Å².